The fourth-order valence-corrected chi connectivity index (χ4v) is 5.13. The van der Waals surface area contributed by atoms with Crippen LogP contribution in [0.15, 0.2) is 60.9 Å². The van der Waals surface area contributed by atoms with Crippen molar-refractivity contribution in [3.63, 3.8) is 0 Å². The van der Waals surface area contributed by atoms with E-state index in [0.717, 1.165) is 60.3 Å². The molecule has 0 saturated carbocycles. The fourth-order valence-electron chi connectivity index (χ4n) is 5.13. The van der Waals surface area contributed by atoms with Gasteiger partial charge in [0.2, 0.25) is 0 Å². The SMILES string of the molecule is COC1CCc2c(Nc3ccc(CCCc4c[nH]c5c(C(C)(C)O)cccc45)cc3)ccnc21. The van der Waals surface area contributed by atoms with E-state index in [-0.39, 0.29) is 6.10 Å². The van der Waals surface area contributed by atoms with Crippen LogP contribution in [0.1, 0.15) is 60.7 Å². The Morgan fingerprint density at radius 3 is 2.71 bits per heavy atom. The van der Waals surface area contributed by atoms with Gasteiger partial charge in [-0.15, -0.1) is 0 Å². The molecular formula is C29H33N3O2. The van der Waals surface area contributed by atoms with Crippen molar-refractivity contribution in [2.45, 2.75) is 57.7 Å². The van der Waals surface area contributed by atoms with E-state index in [1.54, 1.807) is 7.11 Å². The number of hydrogen-bond acceptors (Lipinski definition) is 4. The van der Waals surface area contributed by atoms with Crippen molar-refractivity contribution in [3.05, 3.63) is 88.9 Å². The summed E-state index contributed by atoms with van der Waals surface area (Å²) in [6, 6.07) is 17.0. The largest absolute Gasteiger partial charge is 0.386 e. The number of anilines is 2. The molecule has 1 aliphatic carbocycles. The second-order valence-corrected chi connectivity index (χ2v) is 9.76. The van der Waals surface area contributed by atoms with Crippen molar-refractivity contribution in [3.8, 4) is 0 Å². The van der Waals surface area contributed by atoms with E-state index < -0.39 is 5.60 Å². The van der Waals surface area contributed by atoms with Gasteiger partial charge < -0.3 is 20.1 Å². The molecule has 0 aliphatic heterocycles. The number of H-pyrrole nitrogens is 1. The van der Waals surface area contributed by atoms with Gasteiger partial charge in [-0.2, -0.15) is 0 Å². The summed E-state index contributed by atoms with van der Waals surface area (Å²) in [5.41, 5.74) is 8.31. The fraction of sp³-hybridized carbons (Fsp3) is 0.345. The third kappa shape index (κ3) is 4.46. The van der Waals surface area contributed by atoms with E-state index in [4.69, 9.17) is 4.74 Å². The number of nitrogens with one attached hydrogen (secondary N) is 2. The summed E-state index contributed by atoms with van der Waals surface area (Å²) in [6.45, 7) is 3.66. The van der Waals surface area contributed by atoms with E-state index >= 15 is 0 Å². The number of rotatable bonds is 8. The molecule has 5 heteroatoms. The van der Waals surface area contributed by atoms with Gasteiger partial charge in [0.25, 0.3) is 0 Å². The summed E-state index contributed by atoms with van der Waals surface area (Å²) in [6.07, 6.45) is 9.15. The zero-order valence-electron chi connectivity index (χ0n) is 20.2. The lowest BCUT2D eigenvalue weighted by atomic mass is 9.95. The van der Waals surface area contributed by atoms with Gasteiger partial charge in [-0.1, -0.05) is 30.3 Å². The molecule has 0 fully saturated rings. The lowest BCUT2D eigenvalue weighted by molar-refractivity contribution is 0.0800. The smallest absolute Gasteiger partial charge is 0.0997 e. The van der Waals surface area contributed by atoms with Crippen LogP contribution in [0.2, 0.25) is 0 Å². The number of hydrogen-bond donors (Lipinski definition) is 3. The first-order valence-electron chi connectivity index (χ1n) is 12.1. The molecule has 34 heavy (non-hydrogen) atoms. The molecule has 0 saturated heterocycles. The quantitative estimate of drug-likeness (QED) is 0.290. The summed E-state index contributed by atoms with van der Waals surface area (Å²) in [5, 5.41) is 15.3. The van der Waals surface area contributed by atoms with Crippen molar-refractivity contribution in [1.29, 1.82) is 0 Å². The highest BCUT2D eigenvalue weighted by molar-refractivity contribution is 5.86. The van der Waals surface area contributed by atoms with Crippen LogP contribution in [-0.2, 0) is 29.6 Å². The van der Waals surface area contributed by atoms with Crippen molar-refractivity contribution in [2.75, 3.05) is 12.4 Å². The molecule has 0 amide bonds. The molecule has 5 nitrogen and oxygen atoms in total. The van der Waals surface area contributed by atoms with Gasteiger partial charge in [0.15, 0.2) is 0 Å². The van der Waals surface area contributed by atoms with E-state index in [9.17, 15) is 5.11 Å². The highest BCUT2D eigenvalue weighted by atomic mass is 16.5. The summed E-state index contributed by atoms with van der Waals surface area (Å²) in [7, 11) is 1.76. The molecule has 0 radical (unpaired) electrons. The molecule has 4 aromatic rings. The molecule has 5 rings (SSSR count). The molecule has 1 unspecified atom stereocenters. The van der Waals surface area contributed by atoms with Gasteiger partial charge in [0, 0.05) is 41.8 Å². The van der Waals surface area contributed by atoms with Crippen LogP contribution in [0, 0.1) is 0 Å². The summed E-state index contributed by atoms with van der Waals surface area (Å²) >= 11 is 0. The number of aryl methyl sites for hydroxylation is 2. The van der Waals surface area contributed by atoms with Crippen molar-refractivity contribution < 1.29 is 9.84 Å². The highest BCUT2D eigenvalue weighted by Gasteiger charge is 2.26. The minimum Gasteiger partial charge on any atom is -0.386 e. The maximum absolute atomic E-state index is 10.5. The number of aromatic nitrogens is 2. The normalized spacial score (nSPS) is 15.6. The zero-order valence-corrected chi connectivity index (χ0v) is 20.2. The summed E-state index contributed by atoms with van der Waals surface area (Å²) in [4.78, 5) is 7.92. The summed E-state index contributed by atoms with van der Waals surface area (Å²) in [5.74, 6) is 0. The molecule has 0 bridgehead atoms. The maximum Gasteiger partial charge on any atom is 0.0997 e. The number of ether oxygens (including phenoxy) is 1. The molecule has 176 valence electrons. The number of para-hydroxylation sites is 1. The Bertz CT molecular complexity index is 1290. The predicted molar refractivity (Wildman–Crippen MR) is 138 cm³/mol. The number of nitrogens with zero attached hydrogens (tertiary/aromatic N) is 1. The van der Waals surface area contributed by atoms with Crippen LogP contribution >= 0.6 is 0 Å². The summed E-state index contributed by atoms with van der Waals surface area (Å²) < 4.78 is 5.56. The Morgan fingerprint density at radius 2 is 1.94 bits per heavy atom. The monoisotopic (exact) mass is 455 g/mol. The van der Waals surface area contributed by atoms with Crippen molar-refractivity contribution in [2.24, 2.45) is 0 Å². The lowest BCUT2D eigenvalue weighted by Gasteiger charge is -2.18. The van der Waals surface area contributed by atoms with Crippen molar-refractivity contribution in [1.82, 2.24) is 9.97 Å². The third-order valence-corrected chi connectivity index (χ3v) is 6.94. The second kappa shape index (κ2) is 9.24. The van der Waals surface area contributed by atoms with Crippen LogP contribution in [0.25, 0.3) is 10.9 Å². The molecule has 1 aliphatic rings. The number of pyridine rings is 1. The Hall–Kier alpha value is -3.15. The van der Waals surface area contributed by atoms with E-state index in [0.29, 0.717) is 0 Å². The van der Waals surface area contributed by atoms with Gasteiger partial charge in [-0.3, -0.25) is 4.98 Å². The van der Waals surface area contributed by atoms with Crippen molar-refractivity contribution >= 4 is 22.3 Å². The number of methoxy groups -OCH3 is 1. The maximum atomic E-state index is 10.5. The highest BCUT2D eigenvalue weighted by Crippen LogP contribution is 2.37. The van der Waals surface area contributed by atoms with E-state index in [2.05, 4.69) is 57.9 Å². The molecule has 2 aromatic carbocycles. The van der Waals surface area contributed by atoms with Gasteiger partial charge in [-0.25, -0.2) is 0 Å². The Kier molecular flexibility index (Phi) is 6.15. The zero-order chi connectivity index (χ0) is 23.7. The molecule has 0 spiro atoms. The van der Waals surface area contributed by atoms with Crippen LogP contribution in [0.4, 0.5) is 11.4 Å². The minimum atomic E-state index is -0.862. The van der Waals surface area contributed by atoms with Gasteiger partial charge in [-0.05, 0) is 80.8 Å². The first kappa shape index (κ1) is 22.6. The number of fused-ring (bicyclic) bond motifs is 2. The Morgan fingerprint density at radius 1 is 1.12 bits per heavy atom. The molecule has 2 aromatic heterocycles. The van der Waals surface area contributed by atoms with Crippen LogP contribution in [0.3, 0.4) is 0 Å². The van der Waals surface area contributed by atoms with Gasteiger partial charge in [0.1, 0.15) is 0 Å². The molecule has 3 N–H and O–H groups in total. The molecule has 1 atom stereocenters. The first-order valence-corrected chi connectivity index (χ1v) is 12.1. The topological polar surface area (TPSA) is 70.2 Å². The number of aromatic amines is 1. The molecule has 2 heterocycles. The lowest BCUT2D eigenvalue weighted by Crippen LogP contribution is -2.15. The van der Waals surface area contributed by atoms with Gasteiger partial charge in [0.05, 0.1) is 22.9 Å². The number of benzene rings is 2. The Labute approximate surface area is 201 Å². The predicted octanol–water partition coefficient (Wildman–Crippen LogP) is 6.34. The minimum absolute atomic E-state index is 0.109. The standard InChI is InChI=1S/C29H33N3O2/c1-29(2,33)24-9-5-8-22-20(18-31-27(22)24)7-4-6-19-10-12-21(13-11-19)32-25-16-17-30-28-23(25)14-15-26(28)34-3/h5,8-13,16-18,26,31,33H,4,6-7,14-15H2,1-3H3,(H,30,32). The average molecular weight is 456 g/mol. The van der Waals surface area contributed by atoms with Crippen LogP contribution in [-0.4, -0.2) is 22.2 Å². The average Bonchev–Trinajstić information content (AvgIpc) is 3.44. The Balaban J connectivity index is 1.22. The van der Waals surface area contributed by atoms with E-state index in [1.165, 1.54) is 22.1 Å². The third-order valence-electron chi connectivity index (χ3n) is 6.94. The number of aliphatic hydroxyl groups is 1. The van der Waals surface area contributed by atoms with Gasteiger partial charge >= 0.3 is 0 Å². The van der Waals surface area contributed by atoms with Crippen LogP contribution < -0.4 is 5.32 Å². The van der Waals surface area contributed by atoms with Crippen LogP contribution in [0.5, 0.6) is 0 Å². The second-order valence-electron chi connectivity index (χ2n) is 9.76. The molecular weight excluding hydrogens is 422 g/mol. The van der Waals surface area contributed by atoms with E-state index in [1.807, 2.05) is 32.2 Å². The first-order chi connectivity index (χ1) is 16.4.